The van der Waals surface area contributed by atoms with Crippen LogP contribution in [0.5, 0.6) is 0 Å². The van der Waals surface area contributed by atoms with Crippen molar-refractivity contribution in [1.82, 2.24) is 0 Å². The van der Waals surface area contributed by atoms with Gasteiger partial charge >= 0.3 is 0 Å². The summed E-state index contributed by atoms with van der Waals surface area (Å²) in [6.45, 7) is 2.32. The van der Waals surface area contributed by atoms with E-state index in [-0.39, 0.29) is 5.82 Å². The van der Waals surface area contributed by atoms with Crippen molar-refractivity contribution in [1.29, 1.82) is 5.26 Å². The normalized spacial score (nSPS) is 18.7. The number of halogens is 1. The van der Waals surface area contributed by atoms with E-state index in [1.54, 1.807) is 0 Å². The lowest BCUT2D eigenvalue weighted by molar-refractivity contribution is 0.259. The van der Waals surface area contributed by atoms with Gasteiger partial charge in [0.05, 0.1) is 11.6 Å². The molecule has 0 aliphatic heterocycles. The molecule has 31 heavy (non-hydrogen) atoms. The van der Waals surface area contributed by atoms with Crippen molar-refractivity contribution in [2.24, 2.45) is 11.8 Å². The van der Waals surface area contributed by atoms with Crippen LogP contribution in [0.4, 0.5) is 4.39 Å². The minimum atomic E-state index is -0.0874. The monoisotopic (exact) mass is 413 g/mol. The highest BCUT2D eigenvalue weighted by Gasteiger charge is 2.19. The summed E-state index contributed by atoms with van der Waals surface area (Å²) in [4.78, 5) is 0. The van der Waals surface area contributed by atoms with Gasteiger partial charge < -0.3 is 0 Å². The molecule has 0 unspecified atom stereocenters. The lowest BCUT2D eigenvalue weighted by atomic mass is 9.78. The highest BCUT2D eigenvalue weighted by molar-refractivity contribution is 5.84. The quantitative estimate of drug-likeness (QED) is 0.388. The minimum Gasteiger partial charge on any atom is -0.206 e. The molecule has 0 aromatic heterocycles. The van der Waals surface area contributed by atoms with Crippen molar-refractivity contribution in [3.63, 3.8) is 0 Å². The lowest BCUT2D eigenvalue weighted by Crippen LogP contribution is -2.14. The molecule has 0 amide bonds. The van der Waals surface area contributed by atoms with Gasteiger partial charge in [0.15, 0.2) is 0 Å². The molecule has 3 aromatic carbocycles. The fourth-order valence-electron chi connectivity index (χ4n) is 5.06. The van der Waals surface area contributed by atoms with Crippen molar-refractivity contribution in [2.45, 2.75) is 64.7 Å². The fourth-order valence-corrected chi connectivity index (χ4v) is 5.06. The van der Waals surface area contributed by atoms with Gasteiger partial charge in [-0.05, 0) is 71.7 Å². The molecule has 160 valence electrons. The molecule has 4 rings (SSSR count). The van der Waals surface area contributed by atoms with E-state index < -0.39 is 0 Å². The van der Waals surface area contributed by atoms with Gasteiger partial charge in [-0.3, -0.25) is 0 Å². The third-order valence-corrected chi connectivity index (χ3v) is 7.25. The molecule has 0 radical (unpaired) electrons. The average molecular weight is 414 g/mol. The topological polar surface area (TPSA) is 23.8 Å². The summed E-state index contributed by atoms with van der Waals surface area (Å²) in [5, 5.41) is 10.6. The smallest absolute Gasteiger partial charge is 0.134 e. The SMILES string of the molecule is CCC1CCC(CCc2ccc3c(F)c(CCc4ccc(C#N)cc4)ccc3c2)CC1. The highest BCUT2D eigenvalue weighted by atomic mass is 19.1. The Labute approximate surface area is 185 Å². The summed E-state index contributed by atoms with van der Waals surface area (Å²) in [5.74, 6) is 1.72. The molecule has 3 aromatic rings. The fraction of sp³-hybridized carbons (Fsp3) is 0.414. The number of benzene rings is 3. The maximum atomic E-state index is 15.1. The molecule has 0 saturated heterocycles. The zero-order chi connectivity index (χ0) is 21.6. The van der Waals surface area contributed by atoms with Crippen molar-refractivity contribution < 1.29 is 4.39 Å². The largest absolute Gasteiger partial charge is 0.206 e. The molecule has 0 bridgehead atoms. The van der Waals surface area contributed by atoms with E-state index in [0.29, 0.717) is 12.0 Å². The van der Waals surface area contributed by atoms with E-state index >= 15 is 4.39 Å². The number of nitriles is 1. The van der Waals surface area contributed by atoms with Crippen LogP contribution in [0.2, 0.25) is 0 Å². The summed E-state index contributed by atoms with van der Waals surface area (Å²) in [5.41, 5.74) is 3.87. The molecule has 0 N–H and O–H groups in total. The molecule has 1 fully saturated rings. The Morgan fingerprint density at radius 1 is 0.839 bits per heavy atom. The van der Waals surface area contributed by atoms with Crippen LogP contribution in [-0.2, 0) is 19.3 Å². The van der Waals surface area contributed by atoms with Crippen molar-refractivity contribution >= 4 is 10.8 Å². The number of aryl methyl sites for hydroxylation is 3. The molecule has 1 saturated carbocycles. The van der Waals surface area contributed by atoms with E-state index in [0.717, 1.165) is 46.6 Å². The molecular weight excluding hydrogens is 381 g/mol. The Balaban J connectivity index is 1.38. The van der Waals surface area contributed by atoms with E-state index in [9.17, 15) is 0 Å². The molecule has 0 atom stereocenters. The second-order valence-electron chi connectivity index (χ2n) is 9.24. The maximum absolute atomic E-state index is 15.1. The zero-order valence-corrected chi connectivity index (χ0v) is 18.5. The van der Waals surface area contributed by atoms with Gasteiger partial charge in [-0.25, -0.2) is 4.39 Å². The molecule has 1 nitrogen and oxygen atoms in total. The van der Waals surface area contributed by atoms with Crippen LogP contribution in [0.25, 0.3) is 10.8 Å². The predicted octanol–water partition coefficient (Wildman–Crippen LogP) is 7.78. The van der Waals surface area contributed by atoms with Crippen LogP contribution in [0.1, 0.15) is 67.7 Å². The highest BCUT2D eigenvalue weighted by Crippen LogP contribution is 2.33. The lowest BCUT2D eigenvalue weighted by Gasteiger charge is -2.27. The molecule has 0 spiro atoms. The molecule has 0 heterocycles. The zero-order valence-electron chi connectivity index (χ0n) is 18.5. The van der Waals surface area contributed by atoms with E-state index in [2.05, 4.69) is 31.2 Å². The summed E-state index contributed by atoms with van der Waals surface area (Å²) in [6.07, 6.45) is 10.7. The number of hydrogen-bond acceptors (Lipinski definition) is 1. The van der Waals surface area contributed by atoms with Crippen LogP contribution in [0, 0.1) is 29.0 Å². The first-order valence-electron chi connectivity index (χ1n) is 11.8. The number of rotatable bonds is 7. The Morgan fingerprint density at radius 2 is 1.55 bits per heavy atom. The predicted molar refractivity (Wildman–Crippen MR) is 127 cm³/mol. The Kier molecular flexibility index (Phi) is 7.03. The summed E-state index contributed by atoms with van der Waals surface area (Å²) in [7, 11) is 0. The van der Waals surface area contributed by atoms with E-state index in [1.807, 2.05) is 36.4 Å². The third kappa shape index (κ3) is 5.34. The Hall–Kier alpha value is -2.66. The van der Waals surface area contributed by atoms with Crippen molar-refractivity contribution in [3.05, 3.63) is 82.7 Å². The van der Waals surface area contributed by atoms with Crippen molar-refractivity contribution in [2.75, 3.05) is 0 Å². The first-order valence-corrected chi connectivity index (χ1v) is 11.8. The van der Waals surface area contributed by atoms with E-state index in [4.69, 9.17) is 5.26 Å². The van der Waals surface area contributed by atoms with Crippen LogP contribution < -0.4 is 0 Å². The Morgan fingerprint density at radius 3 is 2.26 bits per heavy atom. The first-order chi connectivity index (χ1) is 15.2. The summed E-state index contributed by atoms with van der Waals surface area (Å²) >= 11 is 0. The molecule has 1 aliphatic rings. The first kappa shape index (κ1) is 21.6. The van der Waals surface area contributed by atoms with Gasteiger partial charge in [-0.1, -0.05) is 81.5 Å². The van der Waals surface area contributed by atoms with Gasteiger partial charge in [-0.15, -0.1) is 0 Å². The Bertz CT molecular complexity index is 1050. The summed E-state index contributed by atoms with van der Waals surface area (Å²) < 4.78 is 15.1. The van der Waals surface area contributed by atoms with E-state index in [1.165, 1.54) is 44.1 Å². The third-order valence-electron chi connectivity index (χ3n) is 7.25. The van der Waals surface area contributed by atoms with Crippen LogP contribution in [0.15, 0.2) is 54.6 Å². The summed E-state index contributed by atoms with van der Waals surface area (Å²) in [6, 6.07) is 20.0. The van der Waals surface area contributed by atoms with Gasteiger partial charge in [0.2, 0.25) is 0 Å². The van der Waals surface area contributed by atoms with Crippen LogP contribution in [-0.4, -0.2) is 0 Å². The molecular formula is C29H32FN. The van der Waals surface area contributed by atoms with Gasteiger partial charge in [0.25, 0.3) is 0 Å². The molecule has 1 aliphatic carbocycles. The minimum absolute atomic E-state index is 0.0874. The van der Waals surface area contributed by atoms with Gasteiger partial charge in [-0.2, -0.15) is 5.26 Å². The number of nitrogens with zero attached hydrogens (tertiary/aromatic N) is 1. The number of fused-ring (bicyclic) bond motifs is 1. The van der Waals surface area contributed by atoms with Crippen LogP contribution >= 0.6 is 0 Å². The maximum Gasteiger partial charge on any atom is 0.134 e. The second-order valence-corrected chi connectivity index (χ2v) is 9.24. The second kappa shape index (κ2) is 10.1. The molecule has 2 heteroatoms. The van der Waals surface area contributed by atoms with Crippen molar-refractivity contribution in [3.8, 4) is 6.07 Å². The van der Waals surface area contributed by atoms with Gasteiger partial charge in [0.1, 0.15) is 5.82 Å². The average Bonchev–Trinajstić information content (AvgIpc) is 2.83. The van der Waals surface area contributed by atoms with Crippen LogP contribution in [0.3, 0.4) is 0 Å². The number of hydrogen-bond donors (Lipinski definition) is 0. The van der Waals surface area contributed by atoms with Gasteiger partial charge in [0, 0.05) is 5.39 Å². The standard InChI is InChI=1S/C29H32FN/c1-2-21-3-5-22(6-4-21)7-10-24-14-18-28-27(19-24)17-16-26(29(28)30)15-13-23-8-11-25(20-31)12-9-23/h8-9,11-12,14,16-19,21-22H,2-7,10,13,15H2,1H3.